The summed E-state index contributed by atoms with van der Waals surface area (Å²) in [5.74, 6) is -0.369. The minimum Gasteiger partial charge on any atom is -0.460 e. The monoisotopic (exact) mass is 239 g/mol. The van der Waals surface area contributed by atoms with Gasteiger partial charge in [0.1, 0.15) is 6.61 Å². The van der Waals surface area contributed by atoms with Crippen molar-refractivity contribution in [1.29, 1.82) is 0 Å². The molecule has 0 fully saturated rings. The van der Waals surface area contributed by atoms with Gasteiger partial charge in [0.15, 0.2) is 0 Å². The second-order valence-corrected chi connectivity index (χ2v) is 4.74. The Labute approximate surface area is 102 Å². The average molecular weight is 239 g/mol. The minimum atomic E-state index is -0.451. The number of aryl methyl sites for hydroxylation is 1. The Hall–Kier alpha value is -1.36. The third-order valence-corrected chi connectivity index (χ3v) is 2.58. The highest BCUT2D eigenvalue weighted by atomic mass is 16.5. The first-order valence-corrected chi connectivity index (χ1v) is 5.89. The zero-order valence-corrected chi connectivity index (χ0v) is 10.8. The van der Waals surface area contributed by atoms with Crippen molar-refractivity contribution in [2.75, 3.05) is 6.61 Å². The predicted molar refractivity (Wildman–Crippen MR) is 65.6 cm³/mol. The van der Waals surface area contributed by atoms with Gasteiger partial charge in [0.2, 0.25) is 0 Å². The number of rotatable bonds is 6. The molecule has 0 aromatic carbocycles. The van der Waals surface area contributed by atoms with Crippen LogP contribution >= 0.6 is 0 Å². The van der Waals surface area contributed by atoms with Gasteiger partial charge in [-0.1, -0.05) is 19.8 Å². The molecule has 0 unspecified atom stereocenters. The third-order valence-electron chi connectivity index (χ3n) is 2.58. The summed E-state index contributed by atoms with van der Waals surface area (Å²) in [5, 5.41) is 3.92. The Morgan fingerprint density at radius 3 is 2.88 bits per heavy atom. The lowest BCUT2D eigenvalue weighted by Crippen LogP contribution is -2.41. The highest BCUT2D eigenvalue weighted by Crippen LogP contribution is 2.12. The Balaban J connectivity index is 2.42. The van der Waals surface area contributed by atoms with Crippen molar-refractivity contribution in [2.45, 2.75) is 38.6 Å². The lowest BCUT2D eigenvalue weighted by Gasteiger charge is -2.23. The van der Waals surface area contributed by atoms with E-state index >= 15 is 0 Å². The molecular weight excluding hydrogens is 218 g/mol. The quantitative estimate of drug-likeness (QED) is 0.763. The van der Waals surface area contributed by atoms with Gasteiger partial charge in [-0.25, -0.2) is 4.79 Å². The second-order valence-electron chi connectivity index (χ2n) is 4.74. The highest BCUT2D eigenvalue weighted by Gasteiger charge is 2.21. The highest BCUT2D eigenvalue weighted by molar-refractivity contribution is 5.88. The fraction of sp³-hybridized carbons (Fsp3) is 0.667. The molecule has 0 aliphatic heterocycles. The number of esters is 1. The fourth-order valence-electron chi connectivity index (χ4n) is 1.49. The van der Waals surface area contributed by atoms with Crippen molar-refractivity contribution >= 4 is 5.97 Å². The van der Waals surface area contributed by atoms with Gasteiger partial charge in [0, 0.05) is 18.8 Å². The van der Waals surface area contributed by atoms with Crippen LogP contribution in [-0.4, -0.2) is 27.9 Å². The molecule has 0 spiro atoms. The molecule has 0 amide bonds. The van der Waals surface area contributed by atoms with E-state index in [9.17, 15) is 4.79 Å². The Morgan fingerprint density at radius 2 is 2.35 bits per heavy atom. The Bertz CT molecular complexity index is 372. The van der Waals surface area contributed by atoms with Crippen LogP contribution in [0.1, 0.15) is 43.5 Å². The van der Waals surface area contributed by atoms with Gasteiger partial charge in [-0.3, -0.25) is 4.68 Å². The van der Waals surface area contributed by atoms with E-state index in [1.54, 1.807) is 17.9 Å². The van der Waals surface area contributed by atoms with Crippen molar-refractivity contribution in [1.82, 2.24) is 9.78 Å². The van der Waals surface area contributed by atoms with Crippen molar-refractivity contribution in [3.63, 3.8) is 0 Å². The molecule has 1 aromatic heterocycles. The number of nitrogens with zero attached hydrogens (tertiary/aromatic N) is 2. The molecule has 0 radical (unpaired) electrons. The second kappa shape index (κ2) is 5.82. The Morgan fingerprint density at radius 1 is 1.65 bits per heavy atom. The first-order chi connectivity index (χ1) is 7.94. The van der Waals surface area contributed by atoms with Crippen LogP contribution in [0.5, 0.6) is 0 Å². The summed E-state index contributed by atoms with van der Waals surface area (Å²) in [7, 11) is 1.76. The fourth-order valence-corrected chi connectivity index (χ4v) is 1.49. The van der Waals surface area contributed by atoms with Crippen LogP contribution < -0.4 is 5.73 Å². The predicted octanol–water partition coefficient (Wildman–Crippen LogP) is 1.48. The summed E-state index contributed by atoms with van der Waals surface area (Å²) in [6.45, 7) is 4.25. The maximum Gasteiger partial charge on any atom is 0.341 e. The molecule has 2 N–H and O–H groups in total. The van der Waals surface area contributed by atoms with E-state index in [4.69, 9.17) is 10.5 Å². The summed E-state index contributed by atoms with van der Waals surface area (Å²) >= 11 is 0. The summed E-state index contributed by atoms with van der Waals surface area (Å²) in [6, 6.07) is 0. The van der Waals surface area contributed by atoms with Crippen molar-refractivity contribution in [3.8, 4) is 0 Å². The van der Waals surface area contributed by atoms with E-state index < -0.39 is 5.54 Å². The first kappa shape index (κ1) is 13.7. The lowest BCUT2D eigenvalue weighted by atomic mass is 9.97. The number of carbonyl (C=O) groups is 1. The molecule has 5 heteroatoms. The maximum atomic E-state index is 11.6. The zero-order valence-electron chi connectivity index (χ0n) is 10.8. The molecule has 5 nitrogen and oxygen atoms in total. The number of hydrogen-bond donors (Lipinski definition) is 1. The summed E-state index contributed by atoms with van der Waals surface area (Å²) in [4.78, 5) is 11.6. The normalized spacial score (nSPS) is 14.4. The largest absolute Gasteiger partial charge is 0.460 e. The average Bonchev–Trinajstić information content (AvgIpc) is 2.70. The van der Waals surface area contributed by atoms with Gasteiger partial charge in [-0.05, 0) is 13.3 Å². The number of unbranched alkanes of at least 4 members (excludes halogenated alkanes) is 1. The van der Waals surface area contributed by atoms with E-state index in [0.29, 0.717) is 5.56 Å². The molecule has 96 valence electrons. The number of hydrogen-bond acceptors (Lipinski definition) is 4. The maximum absolute atomic E-state index is 11.6. The van der Waals surface area contributed by atoms with Crippen LogP contribution in [-0.2, 0) is 11.8 Å². The van der Waals surface area contributed by atoms with Crippen molar-refractivity contribution < 1.29 is 9.53 Å². The standard InChI is InChI=1S/C12H21N3O2/c1-4-5-6-12(2,13)9-17-11(16)10-7-14-15(3)8-10/h7-8H,4-6,9,13H2,1-3H3/t12-/m1/s1. The van der Waals surface area contributed by atoms with Crippen LogP contribution in [0, 0.1) is 0 Å². The van der Waals surface area contributed by atoms with Crippen molar-refractivity contribution in [2.24, 2.45) is 12.8 Å². The molecule has 0 bridgehead atoms. The molecule has 1 atom stereocenters. The molecule has 0 aliphatic rings. The summed E-state index contributed by atoms with van der Waals surface area (Å²) in [5.41, 5.74) is 6.04. The lowest BCUT2D eigenvalue weighted by molar-refractivity contribution is 0.0411. The first-order valence-electron chi connectivity index (χ1n) is 5.89. The van der Waals surface area contributed by atoms with Gasteiger partial charge < -0.3 is 10.5 Å². The summed E-state index contributed by atoms with van der Waals surface area (Å²) in [6.07, 6.45) is 6.09. The van der Waals surface area contributed by atoms with Gasteiger partial charge in [-0.15, -0.1) is 0 Å². The number of aromatic nitrogens is 2. The molecular formula is C12H21N3O2. The van der Waals surface area contributed by atoms with E-state index in [0.717, 1.165) is 19.3 Å². The van der Waals surface area contributed by atoms with Crippen LogP contribution in [0.4, 0.5) is 0 Å². The van der Waals surface area contributed by atoms with Crippen LogP contribution in [0.15, 0.2) is 12.4 Å². The number of ether oxygens (including phenoxy) is 1. The Kier molecular flexibility index (Phi) is 4.69. The molecule has 1 rings (SSSR count). The van der Waals surface area contributed by atoms with Gasteiger partial charge in [-0.2, -0.15) is 5.10 Å². The van der Waals surface area contributed by atoms with Gasteiger partial charge >= 0.3 is 5.97 Å². The van der Waals surface area contributed by atoms with Crippen molar-refractivity contribution in [3.05, 3.63) is 18.0 Å². The SMILES string of the molecule is CCCC[C@@](C)(N)COC(=O)c1cnn(C)c1. The van der Waals surface area contributed by atoms with E-state index in [2.05, 4.69) is 12.0 Å². The van der Waals surface area contributed by atoms with Gasteiger partial charge in [0.25, 0.3) is 0 Å². The molecule has 0 saturated heterocycles. The molecule has 1 heterocycles. The van der Waals surface area contributed by atoms with Crippen LogP contribution in [0.3, 0.4) is 0 Å². The molecule has 0 aliphatic carbocycles. The van der Waals surface area contributed by atoms with E-state index in [1.165, 1.54) is 6.20 Å². The van der Waals surface area contributed by atoms with E-state index in [-0.39, 0.29) is 12.6 Å². The summed E-state index contributed by atoms with van der Waals surface area (Å²) < 4.78 is 6.75. The number of nitrogens with two attached hydrogens (primary N) is 1. The zero-order chi connectivity index (χ0) is 12.9. The van der Waals surface area contributed by atoms with Gasteiger partial charge in [0.05, 0.1) is 11.8 Å². The van der Waals surface area contributed by atoms with Crippen LogP contribution in [0.25, 0.3) is 0 Å². The minimum absolute atomic E-state index is 0.237. The smallest absolute Gasteiger partial charge is 0.341 e. The number of carbonyl (C=O) groups excluding carboxylic acids is 1. The third kappa shape index (κ3) is 4.56. The molecule has 0 saturated carbocycles. The topological polar surface area (TPSA) is 70.1 Å². The molecule has 1 aromatic rings. The van der Waals surface area contributed by atoms with E-state index in [1.807, 2.05) is 6.92 Å². The van der Waals surface area contributed by atoms with Crippen LogP contribution in [0.2, 0.25) is 0 Å². The molecule has 17 heavy (non-hydrogen) atoms.